The van der Waals surface area contributed by atoms with Gasteiger partial charge in [0.1, 0.15) is 6.61 Å². The molecule has 0 spiro atoms. The topological polar surface area (TPSA) is 178 Å². The first-order valence-corrected chi connectivity index (χ1v) is 10.7. The lowest BCUT2D eigenvalue weighted by molar-refractivity contribution is -0.380. The van der Waals surface area contributed by atoms with E-state index >= 15 is 0 Å². The van der Waals surface area contributed by atoms with Gasteiger partial charge >= 0.3 is 28.7 Å². The van der Waals surface area contributed by atoms with Crippen molar-refractivity contribution in [1.82, 2.24) is 9.55 Å². The molecule has 1 fully saturated rings. The normalized spacial score (nSPS) is 21.3. The molecule has 1 aliphatic heterocycles. The van der Waals surface area contributed by atoms with Crippen molar-refractivity contribution in [1.29, 1.82) is 0 Å². The zero-order valence-corrected chi connectivity index (χ0v) is 19.3. The minimum absolute atomic E-state index is 0.147. The largest absolute Gasteiger partial charge is 0.456 e. The lowest BCUT2D eigenvalue weighted by Gasteiger charge is -2.23. The van der Waals surface area contributed by atoms with Crippen molar-refractivity contribution in [3.05, 3.63) is 49.6 Å². The standard InChI is InChI=1S/C19H19FN4O10S/c1-8-14(33-9(2)25)15(34-10(3)26)17(32-8)23-6-12(20)16(21-18(23)27)22-19(28)31-7-11-4-5-13(35-11)24(29)30/h4-6,8,14-15,17H,7H2,1-3H3,(H,21,22,27,28)/t8-,14?,15?,17-/m1/s1. The Labute approximate surface area is 199 Å². The molecule has 35 heavy (non-hydrogen) atoms. The van der Waals surface area contributed by atoms with Crippen molar-refractivity contribution in [3.8, 4) is 0 Å². The van der Waals surface area contributed by atoms with E-state index in [1.165, 1.54) is 19.1 Å². The van der Waals surface area contributed by atoms with Gasteiger partial charge < -0.3 is 18.9 Å². The molecule has 2 aromatic rings. The molecular weight excluding hydrogens is 495 g/mol. The molecule has 2 aromatic heterocycles. The van der Waals surface area contributed by atoms with Crippen molar-refractivity contribution in [2.75, 3.05) is 5.32 Å². The Morgan fingerprint density at radius 2 is 1.91 bits per heavy atom. The number of thiophene rings is 1. The summed E-state index contributed by atoms with van der Waals surface area (Å²) in [4.78, 5) is 61.5. The predicted octanol–water partition coefficient (Wildman–Crippen LogP) is 1.88. The van der Waals surface area contributed by atoms with E-state index in [0.29, 0.717) is 15.6 Å². The van der Waals surface area contributed by atoms with E-state index < -0.39 is 64.8 Å². The number of hydrogen-bond acceptors (Lipinski definition) is 12. The number of anilines is 1. The van der Waals surface area contributed by atoms with Gasteiger partial charge in [0.2, 0.25) is 0 Å². The van der Waals surface area contributed by atoms with E-state index in [1.54, 1.807) is 0 Å². The zero-order chi connectivity index (χ0) is 25.9. The van der Waals surface area contributed by atoms with Gasteiger partial charge in [0.05, 0.1) is 17.2 Å². The Morgan fingerprint density at radius 1 is 1.26 bits per heavy atom. The third-order valence-corrected chi connectivity index (χ3v) is 5.61. The summed E-state index contributed by atoms with van der Waals surface area (Å²) in [6, 6.07) is 2.63. The highest BCUT2D eigenvalue weighted by molar-refractivity contribution is 7.15. The Morgan fingerprint density at radius 3 is 2.51 bits per heavy atom. The molecule has 0 saturated carbocycles. The second kappa shape index (κ2) is 10.6. The molecular formula is C19H19FN4O10S. The second-order valence-corrected chi connectivity index (χ2v) is 8.35. The maximum atomic E-state index is 14.7. The molecule has 0 aliphatic carbocycles. The Kier molecular flexibility index (Phi) is 7.75. The first kappa shape index (κ1) is 25.7. The number of hydrogen-bond donors (Lipinski definition) is 1. The van der Waals surface area contributed by atoms with Crippen LogP contribution in [-0.2, 0) is 35.1 Å². The summed E-state index contributed by atoms with van der Waals surface area (Å²) in [6.45, 7) is 3.41. The van der Waals surface area contributed by atoms with Crippen LogP contribution < -0.4 is 11.0 Å². The van der Waals surface area contributed by atoms with Crippen LogP contribution in [0.25, 0.3) is 0 Å². The molecule has 4 atom stereocenters. The molecule has 0 aromatic carbocycles. The maximum absolute atomic E-state index is 14.7. The molecule has 0 bridgehead atoms. The monoisotopic (exact) mass is 514 g/mol. The number of rotatable bonds is 7. The van der Waals surface area contributed by atoms with Crippen LogP contribution in [0.4, 0.5) is 20.0 Å². The number of amides is 1. The van der Waals surface area contributed by atoms with E-state index in [1.807, 2.05) is 5.32 Å². The van der Waals surface area contributed by atoms with Crippen LogP contribution in [0.5, 0.6) is 0 Å². The van der Waals surface area contributed by atoms with E-state index in [4.69, 9.17) is 18.9 Å². The van der Waals surface area contributed by atoms with Gasteiger partial charge in [0.25, 0.3) is 0 Å². The van der Waals surface area contributed by atoms with Gasteiger partial charge in [-0.1, -0.05) is 11.3 Å². The fourth-order valence-electron chi connectivity index (χ4n) is 3.23. The maximum Gasteiger partial charge on any atom is 0.413 e. The van der Waals surface area contributed by atoms with Gasteiger partial charge in [0, 0.05) is 24.8 Å². The van der Waals surface area contributed by atoms with Gasteiger partial charge in [-0.25, -0.2) is 14.0 Å². The highest BCUT2D eigenvalue weighted by Gasteiger charge is 2.48. The molecule has 3 rings (SSSR count). The minimum atomic E-state index is -1.37. The molecule has 1 amide bonds. The van der Waals surface area contributed by atoms with Crippen molar-refractivity contribution >= 4 is 40.2 Å². The summed E-state index contributed by atoms with van der Waals surface area (Å²) in [5, 5.41) is 12.5. The quantitative estimate of drug-likeness (QED) is 0.247. The van der Waals surface area contributed by atoms with Crippen molar-refractivity contribution in [2.24, 2.45) is 0 Å². The van der Waals surface area contributed by atoms with Crippen molar-refractivity contribution in [3.63, 3.8) is 0 Å². The lowest BCUT2D eigenvalue weighted by Crippen LogP contribution is -2.40. The highest BCUT2D eigenvalue weighted by Crippen LogP contribution is 2.33. The summed E-state index contributed by atoms with van der Waals surface area (Å²) < 4.78 is 36.1. The van der Waals surface area contributed by atoms with Crippen LogP contribution in [0.1, 0.15) is 31.9 Å². The van der Waals surface area contributed by atoms with Gasteiger partial charge in [-0.05, 0) is 13.0 Å². The van der Waals surface area contributed by atoms with Crippen LogP contribution in [0.15, 0.2) is 23.1 Å². The van der Waals surface area contributed by atoms with Crippen LogP contribution in [0, 0.1) is 15.9 Å². The smallest absolute Gasteiger partial charge is 0.413 e. The number of halogens is 1. The number of nitrogens with one attached hydrogen (secondary N) is 1. The summed E-state index contributed by atoms with van der Waals surface area (Å²) in [7, 11) is 0. The zero-order valence-electron chi connectivity index (χ0n) is 18.5. The van der Waals surface area contributed by atoms with Crippen LogP contribution in [0.2, 0.25) is 0 Å². The molecule has 0 radical (unpaired) electrons. The molecule has 1 N–H and O–H groups in total. The number of carbonyl (C=O) groups excluding carboxylic acids is 3. The number of nitro groups is 1. The molecule has 16 heteroatoms. The highest BCUT2D eigenvalue weighted by atomic mass is 32.1. The SMILES string of the molecule is CC(=O)OC1C(OC(C)=O)[C@@H](C)O[C@H]1n1cc(F)c(NC(=O)OCc2ccc([N+](=O)[O-])s2)nc1=O. The van der Waals surface area contributed by atoms with Crippen LogP contribution in [0.3, 0.4) is 0 Å². The van der Waals surface area contributed by atoms with Gasteiger partial charge in [-0.3, -0.25) is 29.6 Å². The Balaban J connectivity index is 1.75. The third-order valence-electron chi connectivity index (χ3n) is 4.60. The third kappa shape index (κ3) is 6.15. The summed E-state index contributed by atoms with van der Waals surface area (Å²) >= 11 is 0.791. The number of carbonyl (C=O) groups is 3. The summed E-state index contributed by atoms with van der Waals surface area (Å²) in [6.07, 6.45) is -5.02. The van der Waals surface area contributed by atoms with Gasteiger partial charge in [-0.2, -0.15) is 4.98 Å². The Hall–Kier alpha value is -3.92. The van der Waals surface area contributed by atoms with Crippen LogP contribution in [-0.4, -0.2) is 50.8 Å². The predicted molar refractivity (Wildman–Crippen MR) is 114 cm³/mol. The minimum Gasteiger partial charge on any atom is -0.456 e. The van der Waals surface area contributed by atoms with Gasteiger partial charge in [0.15, 0.2) is 30.1 Å². The second-order valence-electron chi connectivity index (χ2n) is 7.21. The number of aromatic nitrogens is 2. The molecule has 2 unspecified atom stereocenters. The fourth-order valence-corrected chi connectivity index (χ4v) is 3.96. The fraction of sp³-hybridized carbons (Fsp3) is 0.421. The van der Waals surface area contributed by atoms with Crippen LogP contribution >= 0.6 is 11.3 Å². The molecule has 1 aliphatic rings. The van der Waals surface area contributed by atoms with Crippen molar-refractivity contribution < 1.29 is 42.6 Å². The van der Waals surface area contributed by atoms with E-state index in [2.05, 4.69) is 4.98 Å². The van der Waals surface area contributed by atoms with E-state index in [0.717, 1.165) is 25.2 Å². The van der Waals surface area contributed by atoms with Gasteiger partial charge in [-0.15, -0.1) is 0 Å². The first-order valence-electron chi connectivity index (χ1n) is 9.91. The average Bonchev–Trinajstić information content (AvgIpc) is 3.35. The molecule has 14 nitrogen and oxygen atoms in total. The number of esters is 2. The average molecular weight is 514 g/mol. The molecule has 3 heterocycles. The number of nitrogens with zero attached hydrogens (tertiary/aromatic N) is 3. The summed E-state index contributed by atoms with van der Waals surface area (Å²) in [5.74, 6) is -3.34. The van der Waals surface area contributed by atoms with E-state index in [9.17, 15) is 33.7 Å². The molecule has 1 saturated heterocycles. The Bertz CT molecular complexity index is 1210. The first-order chi connectivity index (χ1) is 16.5. The van der Waals surface area contributed by atoms with E-state index in [-0.39, 0.29) is 11.6 Å². The lowest BCUT2D eigenvalue weighted by atomic mass is 10.1. The summed E-state index contributed by atoms with van der Waals surface area (Å²) in [5.41, 5.74) is -1.08. The van der Waals surface area contributed by atoms with Crippen molar-refractivity contribution in [2.45, 2.75) is 51.9 Å². The number of ether oxygens (including phenoxy) is 4. The molecule has 188 valence electrons.